The van der Waals surface area contributed by atoms with E-state index in [4.69, 9.17) is 0 Å². The van der Waals surface area contributed by atoms with Gasteiger partial charge in [0.1, 0.15) is 11.5 Å². The number of aryl methyl sites for hydroxylation is 2. The lowest BCUT2D eigenvalue weighted by Gasteiger charge is -2.31. The molecule has 2 rings (SSSR count). The quantitative estimate of drug-likeness (QED) is 0.623. The van der Waals surface area contributed by atoms with Crippen LogP contribution in [-0.2, 0) is 10.8 Å². The number of rotatable bonds is 5. The second-order valence-electron chi connectivity index (χ2n) is 8.85. The van der Waals surface area contributed by atoms with Crippen molar-refractivity contribution in [1.29, 1.82) is 0 Å². The Morgan fingerprint density at radius 1 is 0.654 bits per heavy atom. The van der Waals surface area contributed by atoms with Crippen LogP contribution in [-0.4, -0.2) is 10.2 Å². The first kappa shape index (κ1) is 20.4. The summed E-state index contributed by atoms with van der Waals surface area (Å²) in [5.41, 5.74) is 5.71. The summed E-state index contributed by atoms with van der Waals surface area (Å²) in [5.74, 6) is 0.787. The van der Waals surface area contributed by atoms with Gasteiger partial charge >= 0.3 is 0 Å². The van der Waals surface area contributed by atoms with E-state index >= 15 is 0 Å². The monoisotopic (exact) mass is 354 g/mol. The van der Waals surface area contributed by atoms with Crippen LogP contribution in [0, 0.1) is 13.8 Å². The van der Waals surface area contributed by atoms with Crippen molar-refractivity contribution in [2.75, 3.05) is 0 Å². The lowest BCUT2D eigenvalue weighted by molar-refractivity contribution is 0.400. The minimum absolute atomic E-state index is 0.111. The van der Waals surface area contributed by atoms with Crippen molar-refractivity contribution in [2.45, 2.75) is 79.1 Å². The van der Waals surface area contributed by atoms with E-state index in [2.05, 4.69) is 53.7 Å². The fraction of sp³-hybridized carbons (Fsp3) is 0.500. The van der Waals surface area contributed by atoms with E-state index < -0.39 is 0 Å². The molecule has 2 aromatic carbocycles. The molecule has 0 aliphatic rings. The Labute approximate surface area is 158 Å². The Kier molecular flexibility index (Phi) is 5.46. The molecule has 2 aromatic rings. The van der Waals surface area contributed by atoms with Crippen LogP contribution >= 0.6 is 0 Å². The van der Waals surface area contributed by atoms with Gasteiger partial charge in [0.2, 0.25) is 0 Å². The molecule has 0 aliphatic carbocycles. The van der Waals surface area contributed by atoms with Crippen LogP contribution in [0.2, 0.25) is 0 Å². The molecule has 0 bridgehead atoms. The van der Waals surface area contributed by atoms with Crippen LogP contribution < -0.4 is 0 Å². The molecule has 0 fully saturated rings. The SMILES string of the molecule is CCC(C)(C)c1cc(-c2cc(C)c(O)c(C)c2)cc(C(C)(C)CC)c1O. The number of hydrogen-bond donors (Lipinski definition) is 2. The third-order valence-electron chi connectivity index (χ3n) is 6.16. The molecule has 0 aliphatic heterocycles. The van der Waals surface area contributed by atoms with E-state index in [1.165, 1.54) is 0 Å². The van der Waals surface area contributed by atoms with Crippen LogP contribution in [0.15, 0.2) is 24.3 Å². The minimum Gasteiger partial charge on any atom is -0.507 e. The van der Waals surface area contributed by atoms with Crippen molar-refractivity contribution >= 4 is 0 Å². The first-order valence-corrected chi connectivity index (χ1v) is 9.63. The maximum atomic E-state index is 11.1. The summed E-state index contributed by atoms with van der Waals surface area (Å²) >= 11 is 0. The molecule has 0 radical (unpaired) electrons. The van der Waals surface area contributed by atoms with Crippen LogP contribution in [0.4, 0.5) is 0 Å². The van der Waals surface area contributed by atoms with Crippen LogP contribution in [0.1, 0.15) is 76.6 Å². The van der Waals surface area contributed by atoms with Gasteiger partial charge in [-0.1, -0.05) is 41.5 Å². The second-order valence-corrected chi connectivity index (χ2v) is 8.85. The van der Waals surface area contributed by atoms with Gasteiger partial charge in [-0.2, -0.15) is 0 Å². The van der Waals surface area contributed by atoms with Crippen LogP contribution in [0.25, 0.3) is 11.1 Å². The lowest BCUT2D eigenvalue weighted by atomic mass is 9.74. The molecule has 2 heteroatoms. The van der Waals surface area contributed by atoms with Gasteiger partial charge in [-0.3, -0.25) is 0 Å². The number of benzene rings is 2. The van der Waals surface area contributed by atoms with Crippen LogP contribution in [0.3, 0.4) is 0 Å². The molecule has 2 N–H and O–H groups in total. The summed E-state index contributed by atoms with van der Waals surface area (Å²) in [4.78, 5) is 0. The average molecular weight is 355 g/mol. The topological polar surface area (TPSA) is 40.5 Å². The lowest BCUT2D eigenvalue weighted by Crippen LogP contribution is -2.21. The molecule has 0 atom stereocenters. The highest BCUT2D eigenvalue weighted by Crippen LogP contribution is 2.44. The average Bonchev–Trinajstić information content (AvgIpc) is 2.59. The Bertz CT molecular complexity index is 753. The fourth-order valence-electron chi connectivity index (χ4n) is 3.34. The molecule has 0 aromatic heterocycles. The molecule has 2 nitrogen and oxygen atoms in total. The van der Waals surface area contributed by atoms with Crippen molar-refractivity contribution < 1.29 is 10.2 Å². The Hall–Kier alpha value is -1.96. The summed E-state index contributed by atoms with van der Waals surface area (Å²) in [6.07, 6.45) is 1.90. The summed E-state index contributed by atoms with van der Waals surface area (Å²) in [6, 6.07) is 8.30. The normalized spacial score (nSPS) is 12.5. The standard InChI is InChI=1S/C24H34O2/c1-9-23(5,6)19-13-18(14-20(22(19)26)24(7,8)10-2)17-11-15(3)21(25)16(4)12-17/h11-14,25-26H,9-10H2,1-8H3. The minimum atomic E-state index is -0.111. The van der Waals surface area contributed by atoms with Gasteiger partial charge in [-0.05, 0) is 84.0 Å². The zero-order valence-electron chi connectivity index (χ0n) is 17.6. The third kappa shape index (κ3) is 3.60. The Morgan fingerprint density at radius 2 is 1.00 bits per heavy atom. The van der Waals surface area contributed by atoms with E-state index in [9.17, 15) is 10.2 Å². The highest BCUT2D eigenvalue weighted by molar-refractivity contribution is 5.71. The molecule has 26 heavy (non-hydrogen) atoms. The molecule has 142 valence electrons. The molecular weight excluding hydrogens is 320 g/mol. The van der Waals surface area contributed by atoms with Gasteiger partial charge in [0.15, 0.2) is 0 Å². The highest BCUT2D eigenvalue weighted by Gasteiger charge is 2.30. The van der Waals surface area contributed by atoms with Gasteiger partial charge < -0.3 is 10.2 Å². The maximum Gasteiger partial charge on any atom is 0.123 e. The smallest absolute Gasteiger partial charge is 0.123 e. The van der Waals surface area contributed by atoms with Gasteiger partial charge in [0.05, 0.1) is 0 Å². The first-order chi connectivity index (χ1) is 11.9. The van der Waals surface area contributed by atoms with Crippen molar-refractivity contribution in [3.05, 3.63) is 46.5 Å². The number of phenols is 2. The fourth-order valence-corrected chi connectivity index (χ4v) is 3.34. The zero-order chi connectivity index (χ0) is 19.9. The van der Waals surface area contributed by atoms with Gasteiger partial charge in [0.25, 0.3) is 0 Å². The first-order valence-electron chi connectivity index (χ1n) is 9.63. The van der Waals surface area contributed by atoms with Crippen LogP contribution in [0.5, 0.6) is 11.5 Å². The summed E-state index contributed by atoms with van der Waals surface area (Å²) in [6.45, 7) is 16.9. The molecule has 0 saturated heterocycles. The molecule has 0 amide bonds. The van der Waals surface area contributed by atoms with Gasteiger partial charge in [-0.15, -0.1) is 0 Å². The third-order valence-corrected chi connectivity index (χ3v) is 6.16. The van der Waals surface area contributed by atoms with Gasteiger partial charge in [-0.25, -0.2) is 0 Å². The molecular formula is C24H34O2. The highest BCUT2D eigenvalue weighted by atomic mass is 16.3. The van der Waals surface area contributed by atoms with E-state index in [-0.39, 0.29) is 10.8 Å². The largest absolute Gasteiger partial charge is 0.507 e. The Morgan fingerprint density at radius 3 is 1.35 bits per heavy atom. The summed E-state index contributed by atoms with van der Waals surface area (Å²) in [7, 11) is 0. The molecule has 0 unspecified atom stereocenters. The summed E-state index contributed by atoms with van der Waals surface area (Å²) < 4.78 is 0. The van der Waals surface area contributed by atoms with Crippen molar-refractivity contribution in [2.24, 2.45) is 0 Å². The number of aromatic hydroxyl groups is 2. The van der Waals surface area contributed by atoms with E-state index in [1.54, 1.807) is 0 Å². The second kappa shape index (κ2) is 6.98. The predicted molar refractivity (Wildman–Crippen MR) is 111 cm³/mol. The van der Waals surface area contributed by atoms with Gasteiger partial charge in [0, 0.05) is 11.1 Å². The Balaban J connectivity index is 2.83. The van der Waals surface area contributed by atoms with E-state index in [0.29, 0.717) is 11.5 Å². The summed E-state index contributed by atoms with van der Waals surface area (Å²) in [5, 5.41) is 21.2. The molecule has 0 heterocycles. The number of phenolic OH excluding ortho intramolecular Hbond substituents is 2. The maximum absolute atomic E-state index is 11.1. The predicted octanol–water partition coefficient (Wildman–Crippen LogP) is 6.76. The van der Waals surface area contributed by atoms with Crippen molar-refractivity contribution in [3.63, 3.8) is 0 Å². The molecule has 0 saturated carbocycles. The van der Waals surface area contributed by atoms with E-state index in [1.807, 2.05) is 26.0 Å². The molecule has 0 spiro atoms. The number of hydrogen-bond acceptors (Lipinski definition) is 2. The zero-order valence-corrected chi connectivity index (χ0v) is 17.6. The van der Waals surface area contributed by atoms with Crippen molar-refractivity contribution in [3.8, 4) is 22.6 Å². The van der Waals surface area contributed by atoms with E-state index in [0.717, 1.165) is 46.2 Å². The van der Waals surface area contributed by atoms with Crippen molar-refractivity contribution in [1.82, 2.24) is 0 Å².